The zero-order chi connectivity index (χ0) is 23.6. The van der Waals surface area contributed by atoms with E-state index in [4.69, 9.17) is 0 Å². The van der Waals surface area contributed by atoms with Crippen LogP contribution in [0, 0.1) is 5.92 Å². The molecule has 1 aromatic carbocycles. The largest absolute Gasteiger partial charge is 0.465 e. The van der Waals surface area contributed by atoms with Gasteiger partial charge in [-0.2, -0.15) is 0 Å². The summed E-state index contributed by atoms with van der Waals surface area (Å²) < 4.78 is 4.66. The summed E-state index contributed by atoms with van der Waals surface area (Å²) in [4.78, 5) is 38.1. The summed E-state index contributed by atoms with van der Waals surface area (Å²) in [5.41, 5.74) is 1.01. The maximum absolute atomic E-state index is 12.3. The smallest absolute Gasteiger partial charge is 0.337 e. The fourth-order valence-corrected chi connectivity index (χ4v) is 4.11. The van der Waals surface area contributed by atoms with Gasteiger partial charge < -0.3 is 20.3 Å². The van der Waals surface area contributed by atoms with E-state index in [0.717, 1.165) is 31.6 Å². The second-order valence-electron chi connectivity index (χ2n) is 7.71. The number of carbonyl (C=O) groups excluding carboxylic acids is 3. The molecule has 2 amide bonds. The number of aromatic nitrogens is 2. The normalized spacial score (nSPS) is 15.6. The van der Waals surface area contributed by atoms with Crippen LogP contribution in [0.3, 0.4) is 0 Å². The molecule has 9 nitrogen and oxygen atoms in total. The summed E-state index contributed by atoms with van der Waals surface area (Å²) in [6.45, 7) is 4.22. The molecule has 1 aliphatic heterocycles. The molecule has 0 bridgehead atoms. The summed E-state index contributed by atoms with van der Waals surface area (Å²) in [7, 11) is 1.32. The van der Waals surface area contributed by atoms with E-state index in [1.54, 1.807) is 24.3 Å². The number of rotatable bonds is 9. The first-order valence-corrected chi connectivity index (χ1v) is 12.0. The van der Waals surface area contributed by atoms with Gasteiger partial charge in [-0.05, 0) is 55.7 Å². The maximum atomic E-state index is 12.3. The first kappa shape index (κ1) is 24.5. The van der Waals surface area contributed by atoms with Crippen LogP contribution in [0.2, 0.25) is 0 Å². The van der Waals surface area contributed by atoms with Gasteiger partial charge in [-0.1, -0.05) is 18.7 Å². The summed E-state index contributed by atoms with van der Waals surface area (Å²) in [6.07, 6.45) is 2.74. The highest BCUT2D eigenvalue weighted by molar-refractivity contribution is 7.99. The van der Waals surface area contributed by atoms with Crippen molar-refractivity contribution in [1.29, 1.82) is 0 Å². The first-order chi connectivity index (χ1) is 16.0. The van der Waals surface area contributed by atoms with Crippen LogP contribution in [0.25, 0.3) is 0 Å². The zero-order valence-electron chi connectivity index (χ0n) is 18.9. The standard InChI is InChI=1S/C23H29N5O4S/c1-3-12-24-22(30)17-5-4-13-28(14-17)19-10-11-21(27-26-19)33-15-20(29)25-18-8-6-16(7-9-18)23(31)32-2/h6-11,17H,3-5,12-15H2,1-2H3,(H,24,30)(H,25,29)/t17-/m0/s1. The molecule has 0 saturated carbocycles. The minimum absolute atomic E-state index is 0.0356. The third kappa shape index (κ3) is 7.18. The Kier molecular flexibility index (Phi) is 9.05. The fourth-order valence-electron chi connectivity index (χ4n) is 3.49. The molecule has 1 aromatic heterocycles. The molecule has 1 saturated heterocycles. The Morgan fingerprint density at radius 1 is 1.15 bits per heavy atom. The lowest BCUT2D eigenvalue weighted by molar-refractivity contribution is -0.125. The third-order valence-corrected chi connectivity index (χ3v) is 6.15. The van der Waals surface area contributed by atoms with Crippen LogP contribution in [-0.4, -0.2) is 60.5 Å². The Hall–Kier alpha value is -3.14. The van der Waals surface area contributed by atoms with Gasteiger partial charge in [-0.15, -0.1) is 10.2 Å². The van der Waals surface area contributed by atoms with E-state index in [1.807, 2.05) is 19.1 Å². The number of piperidine rings is 1. The number of nitrogens with one attached hydrogen (secondary N) is 2. The lowest BCUT2D eigenvalue weighted by atomic mass is 9.97. The van der Waals surface area contributed by atoms with Gasteiger partial charge >= 0.3 is 5.97 Å². The number of esters is 1. The van der Waals surface area contributed by atoms with Crippen LogP contribution in [0.15, 0.2) is 41.4 Å². The number of anilines is 2. The van der Waals surface area contributed by atoms with Crippen LogP contribution in [0.1, 0.15) is 36.5 Å². The van der Waals surface area contributed by atoms with E-state index in [9.17, 15) is 14.4 Å². The number of ether oxygens (including phenoxy) is 1. The summed E-state index contributed by atoms with van der Waals surface area (Å²) in [6, 6.07) is 10.2. The molecule has 33 heavy (non-hydrogen) atoms. The van der Waals surface area contributed by atoms with E-state index in [1.165, 1.54) is 18.9 Å². The van der Waals surface area contributed by atoms with Gasteiger partial charge in [0.2, 0.25) is 11.8 Å². The molecule has 10 heteroatoms. The quantitative estimate of drug-likeness (QED) is 0.424. The SMILES string of the molecule is CCCNC(=O)[C@H]1CCCN(c2ccc(SCC(=O)Nc3ccc(C(=O)OC)cc3)nn2)C1. The Bertz CT molecular complexity index is 952. The van der Waals surface area contributed by atoms with Crippen LogP contribution < -0.4 is 15.5 Å². The number of methoxy groups -OCH3 is 1. The Morgan fingerprint density at radius 2 is 1.94 bits per heavy atom. The molecule has 176 valence electrons. The lowest BCUT2D eigenvalue weighted by Crippen LogP contribution is -2.43. The zero-order valence-corrected chi connectivity index (χ0v) is 19.7. The van der Waals surface area contributed by atoms with Crippen LogP contribution >= 0.6 is 11.8 Å². The van der Waals surface area contributed by atoms with Crippen LogP contribution in [-0.2, 0) is 14.3 Å². The molecule has 1 atom stereocenters. The molecule has 2 N–H and O–H groups in total. The van der Waals surface area contributed by atoms with Crippen molar-refractivity contribution in [2.24, 2.45) is 5.92 Å². The summed E-state index contributed by atoms with van der Waals surface area (Å²) >= 11 is 1.29. The van der Waals surface area contributed by atoms with Crippen molar-refractivity contribution in [3.8, 4) is 0 Å². The average Bonchev–Trinajstić information content (AvgIpc) is 2.86. The fraction of sp³-hybridized carbons (Fsp3) is 0.435. The number of hydrogen-bond donors (Lipinski definition) is 2. The monoisotopic (exact) mass is 471 g/mol. The highest BCUT2D eigenvalue weighted by Crippen LogP contribution is 2.23. The van der Waals surface area contributed by atoms with Crippen molar-refractivity contribution in [2.75, 3.05) is 42.7 Å². The molecule has 2 heterocycles. The number of amides is 2. The van der Waals surface area contributed by atoms with Gasteiger partial charge in [0.1, 0.15) is 5.03 Å². The van der Waals surface area contributed by atoms with Crippen molar-refractivity contribution in [1.82, 2.24) is 15.5 Å². The highest BCUT2D eigenvalue weighted by Gasteiger charge is 2.26. The van der Waals surface area contributed by atoms with E-state index >= 15 is 0 Å². The van der Waals surface area contributed by atoms with Crippen LogP contribution in [0.5, 0.6) is 0 Å². The predicted octanol–water partition coefficient (Wildman–Crippen LogP) is 2.74. The van der Waals surface area contributed by atoms with Crippen LogP contribution in [0.4, 0.5) is 11.5 Å². The van der Waals surface area contributed by atoms with Crippen molar-refractivity contribution in [2.45, 2.75) is 31.2 Å². The average molecular weight is 472 g/mol. The molecule has 0 radical (unpaired) electrons. The molecule has 0 aliphatic carbocycles. The van der Waals surface area contributed by atoms with Gasteiger partial charge in [0, 0.05) is 25.3 Å². The molecular formula is C23H29N5O4S. The van der Waals surface area contributed by atoms with Crippen molar-refractivity contribution in [3.05, 3.63) is 42.0 Å². The van der Waals surface area contributed by atoms with Crippen molar-refractivity contribution in [3.63, 3.8) is 0 Å². The summed E-state index contributed by atoms with van der Waals surface area (Å²) in [5, 5.41) is 14.9. The van der Waals surface area contributed by atoms with E-state index in [0.29, 0.717) is 29.4 Å². The Balaban J connectivity index is 1.47. The molecular weight excluding hydrogens is 442 g/mol. The van der Waals surface area contributed by atoms with E-state index in [2.05, 4.69) is 30.5 Å². The van der Waals surface area contributed by atoms with Crippen molar-refractivity contribution >= 4 is 41.1 Å². The first-order valence-electron chi connectivity index (χ1n) is 11.0. The number of carbonyl (C=O) groups is 3. The minimum atomic E-state index is -0.426. The summed E-state index contributed by atoms with van der Waals surface area (Å²) in [5.74, 6) is 0.372. The number of hydrogen-bond acceptors (Lipinski definition) is 8. The molecule has 1 aliphatic rings. The minimum Gasteiger partial charge on any atom is -0.465 e. The molecule has 0 unspecified atom stereocenters. The van der Waals surface area contributed by atoms with E-state index in [-0.39, 0.29) is 23.5 Å². The Morgan fingerprint density at radius 3 is 2.61 bits per heavy atom. The van der Waals surface area contributed by atoms with Gasteiger partial charge in [-0.25, -0.2) is 4.79 Å². The second-order valence-corrected chi connectivity index (χ2v) is 8.71. The topological polar surface area (TPSA) is 114 Å². The third-order valence-electron chi connectivity index (χ3n) is 5.23. The van der Waals surface area contributed by atoms with E-state index < -0.39 is 5.97 Å². The second kappa shape index (κ2) is 12.2. The number of benzene rings is 1. The lowest BCUT2D eigenvalue weighted by Gasteiger charge is -2.32. The Labute approximate surface area is 197 Å². The van der Waals surface area contributed by atoms with Gasteiger partial charge in [0.05, 0.1) is 24.3 Å². The molecule has 1 fully saturated rings. The highest BCUT2D eigenvalue weighted by atomic mass is 32.2. The number of thioether (sulfide) groups is 1. The molecule has 3 rings (SSSR count). The van der Waals surface area contributed by atoms with Gasteiger partial charge in [0.25, 0.3) is 0 Å². The molecule has 0 spiro atoms. The van der Waals surface area contributed by atoms with Crippen molar-refractivity contribution < 1.29 is 19.1 Å². The molecule has 2 aromatic rings. The predicted molar refractivity (Wildman–Crippen MR) is 127 cm³/mol. The van der Waals surface area contributed by atoms with Gasteiger partial charge in [-0.3, -0.25) is 9.59 Å². The maximum Gasteiger partial charge on any atom is 0.337 e. The number of nitrogens with zero attached hydrogens (tertiary/aromatic N) is 3. The van der Waals surface area contributed by atoms with Gasteiger partial charge in [0.15, 0.2) is 5.82 Å².